The quantitative estimate of drug-likeness (QED) is 0.853. The van der Waals surface area contributed by atoms with E-state index in [0.29, 0.717) is 0 Å². The molecular weight excluding hydrogens is 242 g/mol. The van der Waals surface area contributed by atoms with Crippen molar-refractivity contribution < 1.29 is 23.8 Å². The third-order valence-corrected chi connectivity index (χ3v) is 2.79. The number of benzene rings is 1. The molecule has 3 nitrogen and oxygen atoms in total. The Balaban J connectivity index is 2.81. The zero-order chi connectivity index (χ0) is 13.9. The molecule has 0 bridgehead atoms. The summed E-state index contributed by atoms with van der Waals surface area (Å²) in [5, 5.41) is 18.4. The van der Waals surface area contributed by atoms with Gasteiger partial charge in [0.25, 0.3) is 0 Å². The van der Waals surface area contributed by atoms with Gasteiger partial charge in [-0.2, -0.15) is 0 Å². The molecule has 0 fully saturated rings. The lowest BCUT2D eigenvalue weighted by Gasteiger charge is -2.16. The lowest BCUT2D eigenvalue weighted by Crippen LogP contribution is -2.10. The fourth-order valence-corrected chi connectivity index (χ4v) is 1.81. The minimum Gasteiger partial charge on any atom is -0.481 e. The Morgan fingerprint density at radius 2 is 1.94 bits per heavy atom. The molecular formula is C13H16F2O3. The summed E-state index contributed by atoms with van der Waals surface area (Å²) in [7, 11) is 0. The summed E-state index contributed by atoms with van der Waals surface area (Å²) in [5.41, 5.74) is 0.0392. The summed E-state index contributed by atoms with van der Waals surface area (Å²) >= 11 is 0. The SMILES string of the molecule is Cc1cc(F)c(C(O)CC(C)CC(=O)O)cc1F. The van der Waals surface area contributed by atoms with Crippen LogP contribution in [0.5, 0.6) is 0 Å². The van der Waals surface area contributed by atoms with Crippen LogP contribution in [-0.2, 0) is 4.79 Å². The molecule has 0 aliphatic carbocycles. The molecule has 5 heteroatoms. The first-order valence-corrected chi connectivity index (χ1v) is 5.66. The molecule has 2 unspecified atom stereocenters. The maximum Gasteiger partial charge on any atom is 0.303 e. The minimum atomic E-state index is -1.20. The van der Waals surface area contributed by atoms with Gasteiger partial charge in [0.15, 0.2) is 0 Å². The molecule has 2 N–H and O–H groups in total. The number of carbonyl (C=O) groups is 1. The molecule has 0 aliphatic rings. The van der Waals surface area contributed by atoms with E-state index in [0.717, 1.165) is 12.1 Å². The Hall–Kier alpha value is -1.49. The zero-order valence-corrected chi connectivity index (χ0v) is 10.3. The Morgan fingerprint density at radius 3 is 2.50 bits per heavy atom. The average molecular weight is 258 g/mol. The highest BCUT2D eigenvalue weighted by Gasteiger charge is 2.19. The number of aliphatic carboxylic acids is 1. The summed E-state index contributed by atoms with van der Waals surface area (Å²) in [4.78, 5) is 10.5. The Kier molecular flexibility index (Phi) is 4.78. The van der Waals surface area contributed by atoms with Gasteiger partial charge in [0.05, 0.1) is 6.10 Å². The van der Waals surface area contributed by atoms with Gasteiger partial charge in [0, 0.05) is 12.0 Å². The van der Waals surface area contributed by atoms with Crippen LogP contribution >= 0.6 is 0 Å². The third kappa shape index (κ3) is 3.77. The first kappa shape index (κ1) is 14.6. The Morgan fingerprint density at radius 1 is 1.33 bits per heavy atom. The number of aliphatic hydroxyl groups excluding tert-OH is 1. The molecule has 1 aromatic rings. The second kappa shape index (κ2) is 5.91. The molecule has 1 rings (SSSR count). The molecule has 0 heterocycles. The van der Waals surface area contributed by atoms with Crippen molar-refractivity contribution in [2.45, 2.75) is 32.8 Å². The van der Waals surface area contributed by atoms with Crippen molar-refractivity contribution in [1.29, 1.82) is 0 Å². The zero-order valence-electron chi connectivity index (χ0n) is 10.3. The van der Waals surface area contributed by atoms with E-state index in [4.69, 9.17) is 5.11 Å². The number of carboxylic acid groups (broad SMARTS) is 1. The summed E-state index contributed by atoms with van der Waals surface area (Å²) in [6.07, 6.45) is -1.24. The number of hydrogen-bond acceptors (Lipinski definition) is 2. The molecule has 0 spiro atoms. The highest BCUT2D eigenvalue weighted by atomic mass is 19.1. The molecule has 0 aromatic heterocycles. The van der Waals surface area contributed by atoms with Crippen LogP contribution in [0.1, 0.15) is 37.0 Å². The topological polar surface area (TPSA) is 57.5 Å². The van der Waals surface area contributed by atoms with Crippen LogP contribution in [-0.4, -0.2) is 16.2 Å². The van der Waals surface area contributed by atoms with Crippen molar-refractivity contribution in [2.75, 3.05) is 0 Å². The van der Waals surface area contributed by atoms with E-state index in [9.17, 15) is 18.7 Å². The minimum absolute atomic E-state index is 0.0751. The fraction of sp³-hybridized carbons (Fsp3) is 0.462. The molecule has 18 heavy (non-hydrogen) atoms. The third-order valence-electron chi connectivity index (χ3n) is 2.79. The van der Waals surface area contributed by atoms with E-state index in [2.05, 4.69) is 0 Å². The number of halogens is 2. The largest absolute Gasteiger partial charge is 0.481 e. The van der Waals surface area contributed by atoms with Crippen molar-refractivity contribution in [3.05, 3.63) is 34.9 Å². The molecule has 0 saturated heterocycles. The molecule has 0 saturated carbocycles. The molecule has 100 valence electrons. The van der Waals surface area contributed by atoms with Gasteiger partial charge in [-0.1, -0.05) is 6.92 Å². The van der Waals surface area contributed by atoms with Gasteiger partial charge in [0.1, 0.15) is 11.6 Å². The van der Waals surface area contributed by atoms with Gasteiger partial charge in [-0.15, -0.1) is 0 Å². The van der Waals surface area contributed by atoms with Gasteiger partial charge in [-0.3, -0.25) is 4.79 Å². The summed E-state index contributed by atoms with van der Waals surface area (Å²) in [5.74, 6) is -2.56. The highest BCUT2D eigenvalue weighted by Crippen LogP contribution is 2.26. The second-order valence-electron chi connectivity index (χ2n) is 4.58. The molecule has 1 aromatic carbocycles. The number of carboxylic acids is 1. The van der Waals surface area contributed by atoms with E-state index in [1.54, 1.807) is 6.92 Å². The van der Waals surface area contributed by atoms with Crippen molar-refractivity contribution >= 4 is 5.97 Å². The van der Waals surface area contributed by atoms with Gasteiger partial charge in [0.2, 0.25) is 0 Å². The normalized spacial score (nSPS) is 14.3. The lowest BCUT2D eigenvalue weighted by molar-refractivity contribution is -0.138. The maximum atomic E-state index is 13.6. The number of hydrogen-bond donors (Lipinski definition) is 2. The maximum absolute atomic E-state index is 13.6. The first-order valence-electron chi connectivity index (χ1n) is 5.66. The van der Waals surface area contributed by atoms with Crippen LogP contribution in [0, 0.1) is 24.5 Å². The Bertz CT molecular complexity index is 446. The Labute approximate surface area is 104 Å². The van der Waals surface area contributed by atoms with Gasteiger partial charge < -0.3 is 10.2 Å². The van der Waals surface area contributed by atoms with Crippen LogP contribution < -0.4 is 0 Å². The number of aryl methyl sites for hydroxylation is 1. The van der Waals surface area contributed by atoms with E-state index < -0.39 is 23.7 Å². The van der Waals surface area contributed by atoms with E-state index >= 15 is 0 Å². The summed E-state index contributed by atoms with van der Waals surface area (Å²) in [6, 6.07) is 1.98. The smallest absolute Gasteiger partial charge is 0.303 e. The molecule has 0 amide bonds. The van der Waals surface area contributed by atoms with E-state index in [-0.39, 0.29) is 29.9 Å². The van der Waals surface area contributed by atoms with Crippen molar-refractivity contribution in [2.24, 2.45) is 5.92 Å². The molecule has 0 aliphatic heterocycles. The van der Waals surface area contributed by atoms with Crippen LogP contribution in [0.25, 0.3) is 0 Å². The van der Waals surface area contributed by atoms with Crippen LogP contribution in [0.4, 0.5) is 8.78 Å². The van der Waals surface area contributed by atoms with Crippen molar-refractivity contribution in [3.8, 4) is 0 Å². The average Bonchev–Trinajstić information content (AvgIpc) is 2.21. The highest BCUT2D eigenvalue weighted by molar-refractivity contribution is 5.66. The van der Waals surface area contributed by atoms with Crippen molar-refractivity contribution in [1.82, 2.24) is 0 Å². The lowest BCUT2D eigenvalue weighted by atomic mass is 9.95. The van der Waals surface area contributed by atoms with Crippen LogP contribution in [0.15, 0.2) is 12.1 Å². The predicted molar refractivity (Wildman–Crippen MR) is 62.1 cm³/mol. The predicted octanol–water partition coefficient (Wildman–Crippen LogP) is 2.81. The number of rotatable bonds is 5. The van der Waals surface area contributed by atoms with Crippen LogP contribution in [0.3, 0.4) is 0 Å². The van der Waals surface area contributed by atoms with Gasteiger partial charge >= 0.3 is 5.97 Å². The van der Waals surface area contributed by atoms with Gasteiger partial charge in [-0.25, -0.2) is 8.78 Å². The summed E-state index contributed by atoms with van der Waals surface area (Å²) in [6.45, 7) is 3.07. The standard InChI is InChI=1S/C13H16F2O3/c1-7(4-13(17)18)3-12(16)9-6-10(14)8(2)5-11(9)15/h5-7,12,16H,3-4H2,1-2H3,(H,17,18). The number of aliphatic hydroxyl groups is 1. The first-order chi connectivity index (χ1) is 8.31. The van der Waals surface area contributed by atoms with E-state index in [1.165, 1.54) is 6.92 Å². The van der Waals surface area contributed by atoms with Crippen molar-refractivity contribution in [3.63, 3.8) is 0 Å². The second-order valence-corrected chi connectivity index (χ2v) is 4.58. The fourth-order valence-electron chi connectivity index (χ4n) is 1.81. The monoisotopic (exact) mass is 258 g/mol. The molecule has 0 radical (unpaired) electrons. The van der Waals surface area contributed by atoms with E-state index in [1.807, 2.05) is 0 Å². The van der Waals surface area contributed by atoms with Gasteiger partial charge in [-0.05, 0) is 37.0 Å². The van der Waals surface area contributed by atoms with Crippen LogP contribution in [0.2, 0.25) is 0 Å². The summed E-state index contributed by atoms with van der Waals surface area (Å²) < 4.78 is 26.8. The molecule has 2 atom stereocenters.